The molecule has 20 heavy (non-hydrogen) atoms. The van der Waals surface area contributed by atoms with Crippen molar-refractivity contribution in [1.29, 1.82) is 0 Å². The van der Waals surface area contributed by atoms with Crippen LogP contribution < -0.4 is 5.32 Å². The smallest absolute Gasteiger partial charge is 0.254 e. The molecule has 0 unspecified atom stereocenters. The second-order valence-electron chi connectivity index (χ2n) is 5.57. The summed E-state index contributed by atoms with van der Waals surface area (Å²) in [5, 5.41) is 2.91. The van der Waals surface area contributed by atoms with E-state index in [9.17, 15) is 4.79 Å². The molecule has 4 heteroatoms. The highest BCUT2D eigenvalue weighted by Gasteiger charge is 2.14. The molecule has 1 fully saturated rings. The zero-order chi connectivity index (χ0) is 14.4. The molecular formula is C16H25NO3. The standard InChI is InChI=1S/C16H25NO3/c1-12-11-15(13(2)20-12)16(18)17-9-6-10-19-14-7-4-3-5-8-14/h11,14H,3-10H2,1-2H3,(H,17,18). The Morgan fingerprint density at radius 2 is 2.10 bits per heavy atom. The molecule has 0 saturated heterocycles. The molecule has 0 spiro atoms. The number of aryl methyl sites for hydroxylation is 2. The molecule has 112 valence electrons. The lowest BCUT2D eigenvalue weighted by molar-refractivity contribution is 0.0273. The summed E-state index contributed by atoms with van der Waals surface area (Å²) in [6.45, 7) is 5.04. The molecule has 1 heterocycles. The molecule has 1 aliphatic rings. The molecule has 0 aromatic carbocycles. The molecule has 1 aliphatic carbocycles. The molecule has 1 saturated carbocycles. The van der Waals surface area contributed by atoms with Gasteiger partial charge in [-0.1, -0.05) is 19.3 Å². The number of amides is 1. The molecule has 1 N–H and O–H groups in total. The van der Waals surface area contributed by atoms with E-state index in [2.05, 4.69) is 5.32 Å². The number of ether oxygens (including phenoxy) is 1. The molecular weight excluding hydrogens is 254 g/mol. The first-order valence-corrected chi connectivity index (χ1v) is 7.63. The second-order valence-corrected chi connectivity index (χ2v) is 5.57. The van der Waals surface area contributed by atoms with Crippen molar-refractivity contribution in [2.45, 2.75) is 58.5 Å². The lowest BCUT2D eigenvalue weighted by Crippen LogP contribution is -2.26. The van der Waals surface area contributed by atoms with Crippen LogP contribution in [0.4, 0.5) is 0 Å². The maximum absolute atomic E-state index is 11.9. The molecule has 4 nitrogen and oxygen atoms in total. The summed E-state index contributed by atoms with van der Waals surface area (Å²) in [7, 11) is 0. The van der Waals surface area contributed by atoms with Crippen LogP contribution in [0.2, 0.25) is 0 Å². The lowest BCUT2D eigenvalue weighted by Gasteiger charge is -2.21. The number of rotatable bonds is 6. The third-order valence-electron chi connectivity index (χ3n) is 3.80. The Hall–Kier alpha value is -1.29. The molecule has 1 amide bonds. The van der Waals surface area contributed by atoms with Crippen LogP contribution in [-0.4, -0.2) is 25.2 Å². The van der Waals surface area contributed by atoms with E-state index >= 15 is 0 Å². The van der Waals surface area contributed by atoms with Crippen LogP contribution in [0.1, 0.15) is 60.4 Å². The van der Waals surface area contributed by atoms with E-state index in [4.69, 9.17) is 9.15 Å². The number of hydrogen-bond donors (Lipinski definition) is 1. The maximum Gasteiger partial charge on any atom is 0.254 e. The van der Waals surface area contributed by atoms with E-state index in [1.54, 1.807) is 6.07 Å². The van der Waals surface area contributed by atoms with Crippen molar-refractivity contribution in [3.8, 4) is 0 Å². The monoisotopic (exact) mass is 279 g/mol. The normalized spacial score (nSPS) is 16.3. The van der Waals surface area contributed by atoms with E-state index in [1.807, 2.05) is 13.8 Å². The van der Waals surface area contributed by atoms with Crippen LogP contribution in [0, 0.1) is 13.8 Å². The summed E-state index contributed by atoms with van der Waals surface area (Å²) in [6, 6.07) is 1.78. The van der Waals surface area contributed by atoms with Gasteiger partial charge in [0.15, 0.2) is 0 Å². The van der Waals surface area contributed by atoms with Crippen LogP contribution >= 0.6 is 0 Å². The van der Waals surface area contributed by atoms with E-state index in [1.165, 1.54) is 32.1 Å². The van der Waals surface area contributed by atoms with Crippen LogP contribution in [0.3, 0.4) is 0 Å². The predicted octanol–water partition coefficient (Wildman–Crippen LogP) is 3.37. The summed E-state index contributed by atoms with van der Waals surface area (Å²) in [4.78, 5) is 11.9. The molecule has 0 bridgehead atoms. The fraction of sp³-hybridized carbons (Fsp3) is 0.688. The van der Waals surface area contributed by atoms with E-state index in [-0.39, 0.29) is 5.91 Å². The second kappa shape index (κ2) is 7.48. The van der Waals surface area contributed by atoms with E-state index in [0.29, 0.717) is 24.0 Å². The topological polar surface area (TPSA) is 51.5 Å². The molecule has 0 atom stereocenters. The highest BCUT2D eigenvalue weighted by atomic mass is 16.5. The fourth-order valence-electron chi connectivity index (χ4n) is 2.71. The highest BCUT2D eigenvalue weighted by Crippen LogP contribution is 2.20. The SMILES string of the molecule is Cc1cc(C(=O)NCCCOC2CCCCC2)c(C)o1. The van der Waals surface area contributed by atoms with Gasteiger partial charge in [0.05, 0.1) is 11.7 Å². The summed E-state index contributed by atoms with van der Waals surface area (Å²) < 4.78 is 11.2. The summed E-state index contributed by atoms with van der Waals surface area (Å²) in [5.74, 6) is 1.39. The lowest BCUT2D eigenvalue weighted by atomic mass is 9.98. The van der Waals surface area contributed by atoms with Gasteiger partial charge in [0, 0.05) is 13.2 Å². The van der Waals surface area contributed by atoms with Crippen LogP contribution in [0.15, 0.2) is 10.5 Å². The van der Waals surface area contributed by atoms with Crippen molar-refractivity contribution in [2.24, 2.45) is 0 Å². The van der Waals surface area contributed by atoms with Crippen LogP contribution in [-0.2, 0) is 4.74 Å². The van der Waals surface area contributed by atoms with E-state index in [0.717, 1.165) is 18.8 Å². The minimum atomic E-state index is -0.0583. The van der Waals surface area contributed by atoms with Gasteiger partial charge < -0.3 is 14.5 Å². The van der Waals surface area contributed by atoms with Crippen molar-refractivity contribution >= 4 is 5.91 Å². The van der Waals surface area contributed by atoms with Gasteiger partial charge in [-0.15, -0.1) is 0 Å². The highest BCUT2D eigenvalue weighted by molar-refractivity contribution is 5.95. The molecule has 1 aromatic heterocycles. The Morgan fingerprint density at radius 1 is 1.35 bits per heavy atom. The summed E-state index contributed by atoms with van der Waals surface area (Å²) >= 11 is 0. The van der Waals surface area contributed by atoms with Gasteiger partial charge in [0.25, 0.3) is 5.91 Å². The largest absolute Gasteiger partial charge is 0.466 e. The fourth-order valence-corrected chi connectivity index (χ4v) is 2.71. The Bertz CT molecular complexity index is 433. The Balaban J connectivity index is 1.61. The number of carbonyl (C=O) groups is 1. The quantitative estimate of drug-likeness (QED) is 0.812. The first-order valence-electron chi connectivity index (χ1n) is 7.63. The summed E-state index contributed by atoms with van der Waals surface area (Å²) in [6.07, 6.45) is 7.62. The Kier molecular flexibility index (Phi) is 5.65. The van der Waals surface area contributed by atoms with Crippen molar-refractivity contribution in [1.82, 2.24) is 5.32 Å². The van der Waals surface area contributed by atoms with Gasteiger partial charge >= 0.3 is 0 Å². The van der Waals surface area contributed by atoms with E-state index < -0.39 is 0 Å². The Labute approximate surface area is 120 Å². The predicted molar refractivity (Wildman–Crippen MR) is 78.0 cm³/mol. The minimum absolute atomic E-state index is 0.0583. The van der Waals surface area contributed by atoms with Crippen molar-refractivity contribution in [2.75, 3.05) is 13.2 Å². The molecule has 0 aliphatic heterocycles. The van der Waals surface area contributed by atoms with Crippen molar-refractivity contribution in [3.63, 3.8) is 0 Å². The average Bonchev–Trinajstić information content (AvgIpc) is 2.78. The van der Waals surface area contributed by atoms with Gasteiger partial charge in [-0.05, 0) is 39.2 Å². The minimum Gasteiger partial charge on any atom is -0.466 e. The summed E-state index contributed by atoms with van der Waals surface area (Å²) in [5.41, 5.74) is 0.635. The third kappa shape index (κ3) is 4.37. The van der Waals surface area contributed by atoms with Crippen molar-refractivity contribution in [3.05, 3.63) is 23.2 Å². The van der Waals surface area contributed by atoms with Gasteiger partial charge in [-0.25, -0.2) is 0 Å². The number of furan rings is 1. The zero-order valence-corrected chi connectivity index (χ0v) is 12.5. The maximum atomic E-state index is 11.9. The van der Waals surface area contributed by atoms with Gasteiger partial charge in [-0.3, -0.25) is 4.79 Å². The number of carbonyl (C=O) groups excluding carboxylic acids is 1. The molecule has 0 radical (unpaired) electrons. The Morgan fingerprint density at radius 3 is 2.75 bits per heavy atom. The first-order chi connectivity index (χ1) is 9.66. The van der Waals surface area contributed by atoms with Gasteiger partial charge in [-0.2, -0.15) is 0 Å². The molecule has 1 aromatic rings. The number of nitrogens with one attached hydrogen (secondary N) is 1. The van der Waals surface area contributed by atoms with Crippen LogP contribution in [0.5, 0.6) is 0 Å². The average molecular weight is 279 g/mol. The number of hydrogen-bond acceptors (Lipinski definition) is 3. The van der Waals surface area contributed by atoms with Gasteiger partial charge in [0.1, 0.15) is 11.5 Å². The van der Waals surface area contributed by atoms with Crippen molar-refractivity contribution < 1.29 is 13.9 Å². The van der Waals surface area contributed by atoms with Crippen LogP contribution in [0.25, 0.3) is 0 Å². The zero-order valence-electron chi connectivity index (χ0n) is 12.5. The molecule has 2 rings (SSSR count). The van der Waals surface area contributed by atoms with Gasteiger partial charge in [0.2, 0.25) is 0 Å². The first kappa shape index (κ1) is 15.1. The third-order valence-corrected chi connectivity index (χ3v) is 3.80.